The highest BCUT2D eigenvalue weighted by molar-refractivity contribution is 5.79. The summed E-state index contributed by atoms with van der Waals surface area (Å²) < 4.78 is 5.49. The first-order valence-corrected chi connectivity index (χ1v) is 7.70. The number of amides is 1. The fraction of sp³-hybridized carbons (Fsp3) is 0.611. The zero-order valence-corrected chi connectivity index (χ0v) is 13.9. The molecule has 0 unspecified atom stereocenters. The number of benzene rings is 1. The van der Waals surface area contributed by atoms with Gasteiger partial charge in [-0.2, -0.15) is 0 Å². The highest BCUT2D eigenvalue weighted by Crippen LogP contribution is 2.28. The minimum Gasteiger partial charge on any atom is -0.493 e. The molecule has 1 aliphatic heterocycles. The number of ether oxygens (including phenoxy) is 1. The van der Waals surface area contributed by atoms with Crippen molar-refractivity contribution in [2.45, 2.75) is 59.4 Å². The molecular weight excluding hydrogens is 262 g/mol. The van der Waals surface area contributed by atoms with Crippen molar-refractivity contribution in [3.8, 4) is 5.75 Å². The topological polar surface area (TPSA) is 38.3 Å². The van der Waals surface area contributed by atoms with Crippen molar-refractivity contribution in [3.63, 3.8) is 0 Å². The summed E-state index contributed by atoms with van der Waals surface area (Å²) in [6.45, 7) is 11.5. The van der Waals surface area contributed by atoms with Crippen molar-refractivity contribution in [1.29, 1.82) is 0 Å². The Kier molecular flexibility index (Phi) is 4.31. The molecule has 2 rings (SSSR count). The average Bonchev–Trinajstić information content (AvgIpc) is 2.71. The van der Waals surface area contributed by atoms with Crippen molar-refractivity contribution >= 4 is 5.91 Å². The first kappa shape index (κ1) is 15.9. The first-order valence-electron chi connectivity index (χ1n) is 7.70. The Bertz CT molecular complexity index is 527. The molecule has 0 aliphatic carbocycles. The fourth-order valence-electron chi connectivity index (χ4n) is 3.33. The van der Waals surface area contributed by atoms with Crippen molar-refractivity contribution in [2.75, 3.05) is 6.61 Å². The molecule has 0 atom stereocenters. The van der Waals surface area contributed by atoms with Crippen LogP contribution >= 0.6 is 0 Å². The lowest BCUT2D eigenvalue weighted by Crippen LogP contribution is -2.46. The van der Waals surface area contributed by atoms with Gasteiger partial charge in [0.25, 0.3) is 0 Å². The lowest BCUT2D eigenvalue weighted by atomic mass is 9.81. The SMILES string of the molecule is CC(C)(C)CC(C)(C)NC(=O)Cc1ccc2c(c1)CCO2. The van der Waals surface area contributed by atoms with Gasteiger partial charge in [-0.1, -0.05) is 32.9 Å². The van der Waals surface area contributed by atoms with Crippen molar-refractivity contribution in [1.82, 2.24) is 5.32 Å². The summed E-state index contributed by atoms with van der Waals surface area (Å²) in [5.74, 6) is 1.05. The number of carbonyl (C=O) groups is 1. The Labute approximate surface area is 128 Å². The normalized spacial score (nSPS) is 14.5. The third-order valence-corrected chi connectivity index (χ3v) is 3.57. The Morgan fingerprint density at radius 2 is 1.95 bits per heavy atom. The highest BCUT2D eigenvalue weighted by Gasteiger charge is 2.27. The van der Waals surface area contributed by atoms with E-state index >= 15 is 0 Å². The van der Waals surface area contributed by atoms with Gasteiger partial charge in [-0.05, 0) is 42.9 Å². The smallest absolute Gasteiger partial charge is 0.224 e. The summed E-state index contributed by atoms with van der Waals surface area (Å²) in [7, 11) is 0. The standard InChI is InChI=1S/C18H27NO2/c1-17(2,3)12-18(4,5)19-16(20)11-13-6-7-15-14(10-13)8-9-21-15/h6-7,10H,8-9,11-12H2,1-5H3,(H,19,20). The number of hydrogen-bond acceptors (Lipinski definition) is 2. The van der Waals surface area contributed by atoms with E-state index in [0.717, 1.165) is 30.8 Å². The Morgan fingerprint density at radius 1 is 1.24 bits per heavy atom. The van der Waals surface area contributed by atoms with E-state index in [9.17, 15) is 4.79 Å². The zero-order chi connectivity index (χ0) is 15.7. The van der Waals surface area contributed by atoms with E-state index in [4.69, 9.17) is 4.74 Å². The monoisotopic (exact) mass is 289 g/mol. The lowest BCUT2D eigenvalue weighted by Gasteiger charge is -2.33. The van der Waals surface area contributed by atoms with Gasteiger partial charge in [0.1, 0.15) is 5.75 Å². The average molecular weight is 289 g/mol. The van der Waals surface area contributed by atoms with E-state index in [2.05, 4.69) is 46.0 Å². The summed E-state index contributed by atoms with van der Waals surface area (Å²) >= 11 is 0. The molecule has 3 nitrogen and oxygen atoms in total. The quantitative estimate of drug-likeness (QED) is 0.921. The van der Waals surface area contributed by atoms with Gasteiger partial charge in [0.05, 0.1) is 13.0 Å². The van der Waals surface area contributed by atoms with Crippen LogP contribution in [0.3, 0.4) is 0 Å². The van der Waals surface area contributed by atoms with Crippen molar-refractivity contribution < 1.29 is 9.53 Å². The molecule has 1 amide bonds. The molecule has 0 saturated carbocycles. The second-order valence-electron chi connectivity index (χ2n) is 7.89. The number of carbonyl (C=O) groups excluding carboxylic acids is 1. The van der Waals surface area contributed by atoms with E-state index < -0.39 is 0 Å². The van der Waals surface area contributed by atoms with E-state index in [-0.39, 0.29) is 16.9 Å². The van der Waals surface area contributed by atoms with Crippen LogP contribution in [0, 0.1) is 5.41 Å². The van der Waals surface area contributed by atoms with Gasteiger partial charge < -0.3 is 10.1 Å². The number of rotatable bonds is 4. The van der Waals surface area contributed by atoms with Crippen LogP contribution in [0.4, 0.5) is 0 Å². The second kappa shape index (κ2) is 5.70. The number of hydrogen-bond donors (Lipinski definition) is 1. The predicted molar refractivity (Wildman–Crippen MR) is 85.6 cm³/mol. The molecule has 1 N–H and O–H groups in total. The summed E-state index contributed by atoms with van der Waals surface area (Å²) in [6, 6.07) is 6.06. The molecule has 116 valence electrons. The predicted octanol–water partition coefficient (Wildman–Crippen LogP) is 3.50. The maximum Gasteiger partial charge on any atom is 0.224 e. The zero-order valence-electron chi connectivity index (χ0n) is 13.9. The van der Waals surface area contributed by atoms with Gasteiger partial charge in [-0.25, -0.2) is 0 Å². The van der Waals surface area contributed by atoms with Crippen LogP contribution in [0.15, 0.2) is 18.2 Å². The van der Waals surface area contributed by atoms with E-state index in [0.29, 0.717) is 6.42 Å². The van der Waals surface area contributed by atoms with Crippen LogP contribution in [0.5, 0.6) is 5.75 Å². The molecule has 3 heteroatoms. The van der Waals surface area contributed by atoms with Crippen LogP contribution in [-0.4, -0.2) is 18.1 Å². The van der Waals surface area contributed by atoms with Crippen LogP contribution < -0.4 is 10.1 Å². The van der Waals surface area contributed by atoms with Gasteiger partial charge in [-0.15, -0.1) is 0 Å². The molecule has 0 aromatic heterocycles. The number of nitrogens with one attached hydrogen (secondary N) is 1. The highest BCUT2D eigenvalue weighted by atomic mass is 16.5. The summed E-state index contributed by atoms with van der Waals surface area (Å²) in [4.78, 5) is 12.3. The van der Waals surface area contributed by atoms with E-state index in [1.54, 1.807) is 0 Å². The molecule has 21 heavy (non-hydrogen) atoms. The molecule has 1 aromatic carbocycles. The third kappa shape index (κ3) is 4.76. The lowest BCUT2D eigenvalue weighted by molar-refractivity contribution is -0.122. The molecule has 1 aliphatic rings. The molecule has 0 fully saturated rings. The third-order valence-electron chi connectivity index (χ3n) is 3.57. The summed E-state index contributed by atoms with van der Waals surface area (Å²) in [6.07, 6.45) is 2.32. The summed E-state index contributed by atoms with van der Waals surface area (Å²) in [5, 5.41) is 3.16. The maximum absolute atomic E-state index is 12.3. The van der Waals surface area contributed by atoms with Gasteiger partial charge in [0.15, 0.2) is 0 Å². The van der Waals surface area contributed by atoms with Gasteiger partial charge in [0, 0.05) is 12.0 Å². The number of fused-ring (bicyclic) bond motifs is 1. The van der Waals surface area contributed by atoms with E-state index in [1.807, 2.05) is 12.1 Å². The molecule has 1 aromatic rings. The molecular formula is C18H27NO2. The van der Waals surface area contributed by atoms with Crippen LogP contribution in [-0.2, 0) is 17.6 Å². The van der Waals surface area contributed by atoms with E-state index in [1.165, 1.54) is 5.56 Å². The van der Waals surface area contributed by atoms with Crippen molar-refractivity contribution in [2.24, 2.45) is 5.41 Å². The second-order valence-corrected chi connectivity index (χ2v) is 7.89. The Balaban J connectivity index is 1.95. The molecule has 0 radical (unpaired) electrons. The molecule has 0 spiro atoms. The molecule has 1 heterocycles. The minimum absolute atomic E-state index is 0.0862. The van der Waals surface area contributed by atoms with Crippen LogP contribution in [0.1, 0.15) is 52.2 Å². The Morgan fingerprint density at radius 3 is 2.62 bits per heavy atom. The van der Waals surface area contributed by atoms with Gasteiger partial charge in [0.2, 0.25) is 5.91 Å². The molecule has 0 bridgehead atoms. The van der Waals surface area contributed by atoms with Gasteiger partial charge >= 0.3 is 0 Å². The largest absolute Gasteiger partial charge is 0.493 e. The fourth-order valence-corrected chi connectivity index (χ4v) is 3.33. The van der Waals surface area contributed by atoms with Crippen LogP contribution in [0.25, 0.3) is 0 Å². The first-order chi connectivity index (χ1) is 9.65. The molecule has 0 saturated heterocycles. The Hall–Kier alpha value is -1.51. The van der Waals surface area contributed by atoms with Gasteiger partial charge in [-0.3, -0.25) is 4.79 Å². The minimum atomic E-state index is -0.185. The maximum atomic E-state index is 12.3. The van der Waals surface area contributed by atoms with Crippen LogP contribution in [0.2, 0.25) is 0 Å². The van der Waals surface area contributed by atoms with Crippen molar-refractivity contribution in [3.05, 3.63) is 29.3 Å². The summed E-state index contributed by atoms with van der Waals surface area (Å²) in [5.41, 5.74) is 2.29.